The molecule has 68 valence electrons. The van der Waals surface area contributed by atoms with Crippen molar-refractivity contribution in [3.05, 3.63) is 11.9 Å². The average molecular weight is 222 g/mol. The van der Waals surface area contributed by atoms with Gasteiger partial charge in [-0.1, -0.05) is 0 Å². The Morgan fingerprint density at radius 1 is 1.54 bits per heavy atom. The van der Waals surface area contributed by atoms with Gasteiger partial charge in [-0.2, -0.15) is 18.3 Å². The zero-order valence-corrected chi connectivity index (χ0v) is 9.20. The van der Waals surface area contributed by atoms with Crippen LogP contribution < -0.4 is 29.6 Å². The van der Waals surface area contributed by atoms with Gasteiger partial charge >= 0.3 is 35.7 Å². The fourth-order valence-corrected chi connectivity index (χ4v) is 1.07. The van der Waals surface area contributed by atoms with Crippen LogP contribution >= 0.6 is 0 Å². The minimum Gasteiger partial charge on any atom is -0.768 e. The number of alkyl halides is 3. The summed E-state index contributed by atoms with van der Waals surface area (Å²) in [4.78, 5) is -0.873. The number of rotatable bonds is 1. The van der Waals surface area contributed by atoms with Gasteiger partial charge in [-0.15, -0.1) is 0 Å². The molecule has 9 heteroatoms. The summed E-state index contributed by atoms with van der Waals surface area (Å²) in [7, 11) is 0. The van der Waals surface area contributed by atoms with Crippen molar-refractivity contribution in [2.24, 2.45) is 0 Å². The van der Waals surface area contributed by atoms with Crippen molar-refractivity contribution in [3.63, 3.8) is 0 Å². The Morgan fingerprint density at radius 3 is 2.38 bits per heavy atom. The first-order valence-corrected chi connectivity index (χ1v) is 3.70. The van der Waals surface area contributed by atoms with Gasteiger partial charge < -0.3 is 4.55 Å². The average Bonchev–Trinajstić information content (AvgIpc) is 2.30. The zero-order chi connectivity index (χ0) is 9.35. The second kappa shape index (κ2) is 4.56. The Labute approximate surface area is 95.5 Å². The van der Waals surface area contributed by atoms with Gasteiger partial charge in [0.15, 0.2) is 5.69 Å². The van der Waals surface area contributed by atoms with Gasteiger partial charge in [0.25, 0.3) is 0 Å². The first-order chi connectivity index (χ1) is 5.43. The van der Waals surface area contributed by atoms with Gasteiger partial charge in [-0.05, 0) is 11.1 Å². The van der Waals surface area contributed by atoms with E-state index in [2.05, 4.69) is 5.10 Å². The molecule has 0 fully saturated rings. The summed E-state index contributed by atoms with van der Waals surface area (Å²) in [6.45, 7) is 0. The van der Waals surface area contributed by atoms with Gasteiger partial charge in [-0.3, -0.25) is 9.31 Å². The fourth-order valence-electron chi connectivity index (χ4n) is 0.605. The molecule has 0 aromatic carbocycles. The molecule has 1 atom stereocenters. The van der Waals surface area contributed by atoms with Crippen molar-refractivity contribution >= 4 is 11.1 Å². The molecule has 0 saturated carbocycles. The second-order valence-electron chi connectivity index (χ2n) is 1.84. The van der Waals surface area contributed by atoms with E-state index in [1.165, 1.54) is 0 Å². The Hall–Kier alpha value is 0.110. The predicted molar refractivity (Wildman–Crippen MR) is 30.8 cm³/mol. The van der Waals surface area contributed by atoms with Crippen LogP contribution in [0.5, 0.6) is 0 Å². The number of hydrogen-bond donors (Lipinski definition) is 1. The molecule has 1 aromatic rings. The molecule has 1 N–H and O–H groups in total. The predicted octanol–water partition coefficient (Wildman–Crippen LogP) is -2.33. The normalized spacial score (nSPS) is 13.5. The van der Waals surface area contributed by atoms with Crippen molar-refractivity contribution in [2.75, 3.05) is 0 Å². The number of hydrogen-bond acceptors (Lipinski definition) is 3. The quantitative estimate of drug-likeness (QED) is 0.428. The van der Waals surface area contributed by atoms with Gasteiger partial charge in [0.2, 0.25) is 0 Å². The number of nitrogens with one attached hydrogen (secondary N) is 1. The van der Waals surface area contributed by atoms with Gasteiger partial charge in [-0.25, -0.2) is 0 Å². The zero-order valence-electron chi connectivity index (χ0n) is 6.38. The Bertz CT molecular complexity index is 313. The number of aromatic amines is 1. The summed E-state index contributed by atoms with van der Waals surface area (Å²) < 4.78 is 56.0. The van der Waals surface area contributed by atoms with E-state index in [1.807, 2.05) is 0 Å². The summed E-state index contributed by atoms with van der Waals surface area (Å²) in [5, 5.41) is 4.53. The summed E-state index contributed by atoms with van der Waals surface area (Å²) in [5.74, 6) is 0. The molecule has 0 aliphatic rings. The van der Waals surface area contributed by atoms with Crippen molar-refractivity contribution in [1.82, 2.24) is 10.2 Å². The molecule has 0 amide bonds. The van der Waals surface area contributed by atoms with E-state index in [4.69, 9.17) is 0 Å². The molecule has 13 heavy (non-hydrogen) atoms. The smallest absolute Gasteiger partial charge is 0.768 e. The van der Waals surface area contributed by atoms with Crippen molar-refractivity contribution in [3.8, 4) is 0 Å². The van der Waals surface area contributed by atoms with Gasteiger partial charge in [0.05, 0.1) is 11.1 Å². The van der Waals surface area contributed by atoms with E-state index in [0.717, 1.165) is 0 Å². The van der Waals surface area contributed by atoms with Crippen LogP contribution in [0.2, 0.25) is 0 Å². The van der Waals surface area contributed by atoms with E-state index >= 15 is 0 Å². The van der Waals surface area contributed by atoms with E-state index in [-0.39, 0.29) is 29.6 Å². The molecule has 0 bridgehead atoms. The van der Waals surface area contributed by atoms with Crippen molar-refractivity contribution < 1.29 is 51.5 Å². The maximum Gasteiger partial charge on any atom is 1.00 e. The molecule has 0 radical (unpaired) electrons. The van der Waals surface area contributed by atoms with E-state index in [9.17, 15) is 21.9 Å². The van der Waals surface area contributed by atoms with Crippen LogP contribution in [-0.4, -0.2) is 19.0 Å². The van der Waals surface area contributed by atoms with Gasteiger partial charge in [0.1, 0.15) is 0 Å². The fraction of sp³-hybridized carbons (Fsp3) is 0.250. The van der Waals surface area contributed by atoms with Crippen LogP contribution in [0, 0.1) is 0 Å². The molecular weight excluding hydrogens is 220 g/mol. The molecule has 0 aliphatic heterocycles. The molecule has 1 unspecified atom stereocenters. The molecule has 1 rings (SSSR count). The third-order valence-corrected chi connectivity index (χ3v) is 1.74. The minimum atomic E-state index is -4.72. The second-order valence-corrected chi connectivity index (χ2v) is 2.75. The number of aromatic nitrogens is 2. The van der Waals surface area contributed by atoms with Crippen molar-refractivity contribution in [2.45, 2.75) is 11.1 Å². The molecule has 4 nitrogen and oxygen atoms in total. The first kappa shape index (κ1) is 13.1. The van der Waals surface area contributed by atoms with Crippen LogP contribution in [0.15, 0.2) is 11.1 Å². The first-order valence-electron chi connectivity index (χ1n) is 2.62. The maximum atomic E-state index is 11.9. The molecule has 0 spiro atoms. The summed E-state index contributed by atoms with van der Waals surface area (Å²) >= 11 is -2.92. The van der Waals surface area contributed by atoms with Crippen LogP contribution in [0.4, 0.5) is 13.2 Å². The molecule has 0 aliphatic carbocycles. The Kier molecular flexibility index (Phi) is 4.60. The molecule has 1 heterocycles. The van der Waals surface area contributed by atoms with Crippen LogP contribution in [-0.2, 0) is 17.3 Å². The molecular formula is C4H2F3N2NaO2S. The third-order valence-electron chi connectivity index (χ3n) is 1.07. The SMILES string of the molecule is O=S([O-])c1cn[nH]c1C(F)(F)F.[Na+]. The summed E-state index contributed by atoms with van der Waals surface area (Å²) in [6, 6.07) is 0. The Balaban J connectivity index is 0.00000144. The van der Waals surface area contributed by atoms with E-state index in [0.29, 0.717) is 6.20 Å². The molecule has 1 aromatic heterocycles. The number of halogens is 3. The monoisotopic (exact) mass is 222 g/mol. The van der Waals surface area contributed by atoms with E-state index in [1.54, 1.807) is 5.10 Å². The number of nitrogens with zero attached hydrogens (tertiary/aromatic N) is 1. The number of H-pyrrole nitrogens is 1. The van der Waals surface area contributed by atoms with E-state index < -0.39 is 27.8 Å². The van der Waals surface area contributed by atoms with Gasteiger partial charge in [0, 0.05) is 0 Å². The maximum absolute atomic E-state index is 11.9. The third kappa shape index (κ3) is 3.06. The summed E-state index contributed by atoms with van der Waals surface area (Å²) in [6.07, 6.45) is -4.11. The van der Waals surface area contributed by atoms with Crippen LogP contribution in [0.3, 0.4) is 0 Å². The minimum absolute atomic E-state index is 0. The van der Waals surface area contributed by atoms with Crippen LogP contribution in [0.25, 0.3) is 0 Å². The topological polar surface area (TPSA) is 68.8 Å². The van der Waals surface area contributed by atoms with Crippen molar-refractivity contribution in [1.29, 1.82) is 0 Å². The Morgan fingerprint density at radius 2 is 2.08 bits per heavy atom. The largest absolute Gasteiger partial charge is 1.00 e. The molecule has 0 saturated heterocycles. The summed E-state index contributed by atoms with van der Waals surface area (Å²) in [5.41, 5.74) is -1.35. The standard InChI is InChI=1S/C4H3F3N2O2S.Na/c5-4(6,7)3-2(12(10)11)1-8-9-3;/h1H,(H,8,9)(H,10,11);/q;+1/p-1. The van der Waals surface area contributed by atoms with Crippen LogP contribution in [0.1, 0.15) is 5.69 Å².